The SMILES string of the molecule is C=CC(=O)OCCCCCCOC(=O)Oc1ccc(-c2ccc(C#N)cc2)cc1. The van der Waals surface area contributed by atoms with E-state index in [0.29, 0.717) is 24.3 Å². The molecule has 0 radical (unpaired) electrons. The van der Waals surface area contributed by atoms with E-state index in [4.69, 9.17) is 19.5 Å². The monoisotopic (exact) mass is 393 g/mol. The lowest BCUT2D eigenvalue weighted by Gasteiger charge is -2.07. The van der Waals surface area contributed by atoms with E-state index in [9.17, 15) is 9.59 Å². The van der Waals surface area contributed by atoms with Crippen molar-refractivity contribution in [2.45, 2.75) is 25.7 Å². The van der Waals surface area contributed by atoms with Crippen LogP contribution < -0.4 is 4.74 Å². The molecule has 0 aliphatic heterocycles. The lowest BCUT2D eigenvalue weighted by atomic mass is 10.0. The summed E-state index contributed by atoms with van der Waals surface area (Å²) in [6.07, 6.45) is 3.60. The first-order chi connectivity index (χ1) is 14.1. The van der Waals surface area contributed by atoms with Gasteiger partial charge in [0.2, 0.25) is 0 Å². The number of rotatable bonds is 10. The van der Waals surface area contributed by atoms with Crippen LogP contribution in [0.15, 0.2) is 61.2 Å². The Hall–Kier alpha value is -3.59. The van der Waals surface area contributed by atoms with Gasteiger partial charge >= 0.3 is 12.1 Å². The first-order valence-electron chi connectivity index (χ1n) is 9.37. The van der Waals surface area contributed by atoms with E-state index in [1.54, 1.807) is 24.3 Å². The topological polar surface area (TPSA) is 85.6 Å². The molecule has 0 bridgehead atoms. The summed E-state index contributed by atoms with van der Waals surface area (Å²) in [4.78, 5) is 22.6. The molecule has 2 rings (SSSR count). The molecule has 0 atom stereocenters. The van der Waals surface area contributed by atoms with E-state index in [1.807, 2.05) is 24.3 Å². The van der Waals surface area contributed by atoms with Gasteiger partial charge in [-0.25, -0.2) is 9.59 Å². The number of esters is 1. The highest BCUT2D eigenvalue weighted by molar-refractivity contribution is 5.81. The van der Waals surface area contributed by atoms with Crippen molar-refractivity contribution in [2.75, 3.05) is 13.2 Å². The molecule has 6 nitrogen and oxygen atoms in total. The number of hydrogen-bond acceptors (Lipinski definition) is 6. The number of nitriles is 1. The number of ether oxygens (including phenoxy) is 3. The molecule has 0 aliphatic carbocycles. The number of benzene rings is 2. The molecule has 0 spiro atoms. The van der Waals surface area contributed by atoms with Gasteiger partial charge in [-0.1, -0.05) is 30.8 Å². The lowest BCUT2D eigenvalue weighted by Crippen LogP contribution is -2.11. The van der Waals surface area contributed by atoms with Gasteiger partial charge < -0.3 is 14.2 Å². The second kappa shape index (κ2) is 12.0. The molecule has 0 fully saturated rings. The third-order valence-corrected chi connectivity index (χ3v) is 4.07. The molecule has 0 aromatic heterocycles. The molecule has 0 saturated carbocycles. The quantitative estimate of drug-likeness (QED) is 0.244. The summed E-state index contributed by atoms with van der Waals surface area (Å²) in [6, 6.07) is 16.4. The summed E-state index contributed by atoms with van der Waals surface area (Å²) >= 11 is 0. The van der Waals surface area contributed by atoms with Gasteiger partial charge in [-0.3, -0.25) is 0 Å². The molecule has 29 heavy (non-hydrogen) atoms. The van der Waals surface area contributed by atoms with Crippen LogP contribution in [0.4, 0.5) is 4.79 Å². The molecule has 0 amide bonds. The zero-order chi connectivity index (χ0) is 20.9. The Kier molecular flexibility index (Phi) is 8.97. The van der Waals surface area contributed by atoms with E-state index >= 15 is 0 Å². The molecule has 150 valence electrons. The first-order valence-corrected chi connectivity index (χ1v) is 9.37. The summed E-state index contributed by atoms with van der Waals surface area (Å²) in [5.74, 6) is -0.0163. The first kappa shape index (κ1) is 21.7. The Labute approximate surface area is 170 Å². The fourth-order valence-electron chi connectivity index (χ4n) is 2.52. The third-order valence-electron chi connectivity index (χ3n) is 4.07. The Morgan fingerprint density at radius 2 is 1.41 bits per heavy atom. The minimum atomic E-state index is -0.740. The van der Waals surface area contributed by atoms with Crippen LogP contribution in [0.25, 0.3) is 11.1 Å². The van der Waals surface area contributed by atoms with Gasteiger partial charge in [0.15, 0.2) is 0 Å². The highest BCUT2D eigenvalue weighted by Crippen LogP contribution is 2.23. The highest BCUT2D eigenvalue weighted by Gasteiger charge is 2.06. The molecular weight excluding hydrogens is 370 g/mol. The number of nitrogens with zero attached hydrogens (tertiary/aromatic N) is 1. The number of carbonyl (C=O) groups is 2. The predicted octanol–water partition coefficient (Wildman–Crippen LogP) is 5.03. The van der Waals surface area contributed by atoms with Crippen molar-refractivity contribution >= 4 is 12.1 Å². The molecular formula is C23H23NO5. The Bertz CT molecular complexity index is 850. The van der Waals surface area contributed by atoms with E-state index in [-0.39, 0.29) is 6.61 Å². The number of hydrogen-bond donors (Lipinski definition) is 0. The fourth-order valence-corrected chi connectivity index (χ4v) is 2.52. The molecule has 0 N–H and O–H groups in total. The van der Waals surface area contributed by atoms with Gasteiger partial charge in [0, 0.05) is 6.08 Å². The molecule has 0 heterocycles. The molecule has 2 aromatic carbocycles. The number of unbranched alkanes of at least 4 members (excludes halogenated alkanes) is 3. The molecule has 0 saturated heterocycles. The average Bonchev–Trinajstić information content (AvgIpc) is 2.76. The molecule has 2 aromatic rings. The second-order valence-corrected chi connectivity index (χ2v) is 6.20. The van der Waals surface area contributed by atoms with Gasteiger partial charge in [-0.15, -0.1) is 0 Å². The summed E-state index contributed by atoms with van der Waals surface area (Å²) in [5.41, 5.74) is 2.53. The van der Waals surface area contributed by atoms with Gasteiger partial charge in [0.1, 0.15) is 5.75 Å². The van der Waals surface area contributed by atoms with E-state index in [1.165, 1.54) is 0 Å². The van der Waals surface area contributed by atoms with Crippen molar-refractivity contribution in [2.24, 2.45) is 0 Å². The lowest BCUT2D eigenvalue weighted by molar-refractivity contribution is -0.137. The van der Waals surface area contributed by atoms with Crippen LogP contribution in [0.1, 0.15) is 31.2 Å². The van der Waals surface area contributed by atoms with Gasteiger partial charge in [-0.05, 0) is 61.1 Å². The van der Waals surface area contributed by atoms with Crippen molar-refractivity contribution in [3.05, 3.63) is 66.7 Å². The maximum Gasteiger partial charge on any atom is 0.513 e. The van der Waals surface area contributed by atoms with Crippen LogP contribution in [-0.2, 0) is 14.3 Å². The van der Waals surface area contributed by atoms with Crippen LogP contribution in [0.2, 0.25) is 0 Å². The van der Waals surface area contributed by atoms with Crippen LogP contribution in [-0.4, -0.2) is 25.3 Å². The van der Waals surface area contributed by atoms with Crippen molar-refractivity contribution < 1.29 is 23.8 Å². The largest absolute Gasteiger partial charge is 0.513 e. The van der Waals surface area contributed by atoms with E-state index in [2.05, 4.69) is 12.6 Å². The van der Waals surface area contributed by atoms with Gasteiger partial charge in [0.05, 0.1) is 24.8 Å². The maximum absolute atomic E-state index is 11.7. The van der Waals surface area contributed by atoms with Crippen LogP contribution in [0.5, 0.6) is 5.75 Å². The van der Waals surface area contributed by atoms with E-state index < -0.39 is 12.1 Å². The van der Waals surface area contributed by atoms with Crippen molar-refractivity contribution in [1.29, 1.82) is 5.26 Å². The standard InChI is InChI=1S/C23H23NO5/c1-2-22(25)27-15-5-3-4-6-16-28-23(26)29-21-13-11-20(12-14-21)19-9-7-18(17-24)8-10-19/h2,7-14H,1,3-6,15-16H2. The van der Waals surface area contributed by atoms with Crippen molar-refractivity contribution in [3.8, 4) is 22.9 Å². The maximum atomic E-state index is 11.7. The third kappa shape index (κ3) is 7.89. The summed E-state index contributed by atoms with van der Waals surface area (Å²) < 4.78 is 15.1. The zero-order valence-electron chi connectivity index (χ0n) is 16.1. The minimum Gasteiger partial charge on any atom is -0.463 e. The van der Waals surface area contributed by atoms with Gasteiger partial charge in [0.25, 0.3) is 0 Å². The predicted molar refractivity (Wildman–Crippen MR) is 108 cm³/mol. The Morgan fingerprint density at radius 1 is 0.862 bits per heavy atom. The summed E-state index contributed by atoms with van der Waals surface area (Å²) in [5, 5.41) is 8.84. The molecule has 6 heteroatoms. The normalized spacial score (nSPS) is 9.90. The summed E-state index contributed by atoms with van der Waals surface area (Å²) in [6.45, 7) is 3.97. The van der Waals surface area contributed by atoms with Crippen LogP contribution in [0, 0.1) is 11.3 Å². The zero-order valence-corrected chi connectivity index (χ0v) is 16.1. The fraction of sp³-hybridized carbons (Fsp3) is 0.261. The Balaban J connectivity index is 1.64. The van der Waals surface area contributed by atoms with Crippen LogP contribution >= 0.6 is 0 Å². The van der Waals surface area contributed by atoms with Crippen molar-refractivity contribution in [1.82, 2.24) is 0 Å². The highest BCUT2D eigenvalue weighted by atomic mass is 16.7. The minimum absolute atomic E-state index is 0.272. The average molecular weight is 393 g/mol. The number of carbonyl (C=O) groups excluding carboxylic acids is 2. The smallest absolute Gasteiger partial charge is 0.463 e. The van der Waals surface area contributed by atoms with Gasteiger partial charge in [-0.2, -0.15) is 5.26 Å². The molecule has 0 unspecified atom stereocenters. The Morgan fingerprint density at radius 3 is 1.97 bits per heavy atom. The van der Waals surface area contributed by atoms with Crippen molar-refractivity contribution in [3.63, 3.8) is 0 Å². The van der Waals surface area contributed by atoms with Crippen LogP contribution in [0.3, 0.4) is 0 Å². The summed E-state index contributed by atoms with van der Waals surface area (Å²) in [7, 11) is 0. The second-order valence-electron chi connectivity index (χ2n) is 6.20. The van der Waals surface area contributed by atoms with E-state index in [0.717, 1.165) is 36.5 Å². The molecule has 0 aliphatic rings.